The summed E-state index contributed by atoms with van der Waals surface area (Å²) in [5.41, 5.74) is 28.4. The molecule has 0 spiro atoms. The lowest BCUT2D eigenvalue weighted by Gasteiger charge is -1.98. The standard InChI is InChI=1S/2C10H11N.2C10H10O.2C10H10S.2C10H12Si.C9H9NO.C9H9NS.C6H9N.C6H8O.C6H8S.C6H10Si/c1-7-3-4-10-9(5-7)6-8(2)11-10;1-7-3-4-9-6-8(2)11-10(9)5-7;1-7-3-4-10-9(5-7)6-8(2)11-10;1-7-3-4-9-6-8(2)11-10(9)5-7;1-7-3-4-10-9(5-7)6-8(2)11-10;1-7-3-4-9-6-8(2)11-10(9)5-7;1-7-3-4-10-9(5-7)6-8(2)11-10;1-7-3-4-9-6-8(2)11-10(9)5-7;2*1-6-3-4-9-8(5-6)10-7(2)11-9;4*1-5-3-4-6(2)7-5/h2*3-6,11H,1-2H3;4*3-6H,1-2H3;2*3-6H,11H2,1-2H3;2*3-5H,1-2H3;3-4,7H,1-2H3;2*3-4H,1-2H3;3-4H,7H2,1-2H3. The summed E-state index contributed by atoms with van der Waals surface area (Å²) in [7, 11) is 0.0310. The maximum Gasteiger partial charge on any atom is 0.192 e. The number of aromatic amines is 3. The minimum atomic E-state index is -0.0443. The van der Waals surface area contributed by atoms with Gasteiger partial charge in [-0.1, -0.05) is 192 Å². The third-order valence-corrected chi connectivity index (χ3v) is 31.6. The molecule has 0 saturated heterocycles. The lowest BCUT2D eigenvalue weighted by atomic mass is 10.1. The van der Waals surface area contributed by atoms with Crippen molar-refractivity contribution in [2.24, 2.45) is 0 Å². The molecule has 3 aliphatic rings. The summed E-state index contributed by atoms with van der Waals surface area (Å²) in [5.74, 6) is 4.65. The zero-order valence-electron chi connectivity index (χ0n) is 86.3. The van der Waals surface area contributed by atoms with Crippen molar-refractivity contribution in [3.63, 3.8) is 0 Å². The van der Waals surface area contributed by atoms with Gasteiger partial charge in [0.25, 0.3) is 0 Å². The Bertz CT molecular complexity index is 6660. The van der Waals surface area contributed by atoms with E-state index in [0.29, 0.717) is 0 Å². The number of fused-ring (bicyclic) bond motifs is 10. The van der Waals surface area contributed by atoms with E-state index in [4.69, 9.17) is 17.7 Å². The van der Waals surface area contributed by atoms with E-state index in [2.05, 4.69) is 399 Å². The highest BCUT2D eigenvalue weighted by molar-refractivity contribution is 7.19. The van der Waals surface area contributed by atoms with Gasteiger partial charge in [0.1, 0.15) is 39.7 Å². The number of aryl methyl sites for hydroxylation is 24. The van der Waals surface area contributed by atoms with Gasteiger partial charge in [-0.15, -0.1) is 45.3 Å². The highest BCUT2D eigenvalue weighted by Gasteiger charge is 2.12. The largest absolute Gasteiger partial charge is 0.467 e. The van der Waals surface area contributed by atoms with Crippen molar-refractivity contribution >= 4 is 182 Å². The maximum absolute atomic E-state index is 5.45. The lowest BCUT2D eigenvalue weighted by molar-refractivity contribution is 0.504. The van der Waals surface area contributed by atoms with E-state index in [1.54, 1.807) is 42.5 Å². The summed E-state index contributed by atoms with van der Waals surface area (Å²) in [4.78, 5) is 23.9. The Labute approximate surface area is 842 Å². The van der Waals surface area contributed by atoms with Crippen molar-refractivity contribution in [3.8, 4) is 0 Å². The second-order valence-electron chi connectivity index (χ2n) is 37.2. The number of allylic oxidation sites excluding steroid dienone is 6. The number of rotatable bonds is 0. The van der Waals surface area contributed by atoms with Crippen LogP contribution in [0, 0.1) is 166 Å². The first-order valence-corrected chi connectivity index (χ1v) is 54.9. The van der Waals surface area contributed by atoms with Crippen LogP contribution in [-0.2, 0) is 0 Å². The molecule has 9 nitrogen and oxygen atoms in total. The molecule has 16 heteroatoms. The molecule has 10 aromatic carbocycles. The van der Waals surface area contributed by atoms with E-state index < -0.39 is 0 Å². The number of thiazole rings is 1. The first kappa shape index (κ1) is 106. The molecule has 712 valence electrons. The van der Waals surface area contributed by atoms with Gasteiger partial charge in [0.15, 0.2) is 11.5 Å². The van der Waals surface area contributed by atoms with E-state index in [-0.39, 0.29) is 28.6 Å². The van der Waals surface area contributed by atoms with Gasteiger partial charge in [-0.3, -0.25) is 0 Å². The van der Waals surface area contributed by atoms with Gasteiger partial charge in [0.2, 0.25) is 0 Å². The van der Waals surface area contributed by atoms with E-state index in [9.17, 15) is 0 Å². The van der Waals surface area contributed by atoms with Gasteiger partial charge in [-0.25, -0.2) is 9.97 Å². The topological polar surface area (TPSA) is 126 Å². The van der Waals surface area contributed by atoms with Crippen molar-refractivity contribution in [1.82, 2.24) is 24.9 Å². The van der Waals surface area contributed by atoms with Crippen molar-refractivity contribution in [3.05, 3.63) is 431 Å². The number of hydrogen-bond acceptors (Lipinski definition) is 10. The summed E-state index contributed by atoms with van der Waals surface area (Å²) < 4.78 is 25.4. The van der Waals surface area contributed by atoms with Crippen molar-refractivity contribution in [2.45, 2.75) is 194 Å². The van der Waals surface area contributed by atoms with Crippen molar-refractivity contribution < 1.29 is 17.7 Å². The van der Waals surface area contributed by atoms with Gasteiger partial charge < -0.3 is 32.6 Å². The zero-order valence-corrected chi connectivity index (χ0v) is 93.8. The van der Waals surface area contributed by atoms with Gasteiger partial charge in [-0.05, 0) is 393 Å². The summed E-state index contributed by atoms with van der Waals surface area (Å²) in [6, 6.07) is 89.7. The molecule has 0 radical (unpaired) electrons. The molecule has 3 N–H and O–H groups in total. The fourth-order valence-corrected chi connectivity index (χ4v) is 24.3. The van der Waals surface area contributed by atoms with E-state index >= 15 is 0 Å². The number of furan rings is 3. The predicted molar refractivity (Wildman–Crippen MR) is 616 cm³/mol. The van der Waals surface area contributed by atoms with Crippen LogP contribution in [0.5, 0.6) is 0 Å². The lowest BCUT2D eigenvalue weighted by Crippen LogP contribution is -2.12. The van der Waals surface area contributed by atoms with E-state index in [0.717, 1.165) is 61.7 Å². The maximum atomic E-state index is 5.45. The van der Waals surface area contributed by atoms with Gasteiger partial charge in [0.05, 0.1) is 43.8 Å². The molecule has 0 atom stereocenters. The van der Waals surface area contributed by atoms with Crippen LogP contribution in [0.1, 0.15) is 171 Å². The van der Waals surface area contributed by atoms with Crippen LogP contribution in [0.2, 0.25) is 0 Å². The summed E-state index contributed by atoms with van der Waals surface area (Å²) in [6.45, 7) is 58.6. The third kappa shape index (κ3) is 34.0. The molecule has 0 saturated carbocycles. The molecule has 0 amide bonds. The van der Waals surface area contributed by atoms with Crippen LogP contribution in [0.25, 0.3) is 97.4 Å². The fourth-order valence-electron chi connectivity index (χ4n) is 16.1. The molecule has 24 rings (SSSR count). The van der Waals surface area contributed by atoms with Crippen LogP contribution in [0.3, 0.4) is 0 Å². The normalized spacial score (nSPS) is 11.9. The van der Waals surface area contributed by atoms with Gasteiger partial charge in [0, 0.05) is 80.4 Å². The second-order valence-corrected chi connectivity index (χ2v) is 49.5. The van der Waals surface area contributed by atoms with Crippen LogP contribution in [0.4, 0.5) is 0 Å². The summed E-state index contributed by atoms with van der Waals surface area (Å²) >= 11 is 7.32. The molecule has 0 fully saturated rings. The highest BCUT2D eigenvalue weighted by Crippen LogP contribution is 2.30. The van der Waals surface area contributed by atoms with Gasteiger partial charge >= 0.3 is 0 Å². The summed E-state index contributed by atoms with van der Waals surface area (Å²) in [5, 5.41) is 18.6. The van der Waals surface area contributed by atoms with Crippen LogP contribution in [0.15, 0.2) is 305 Å². The number of aromatic nitrogens is 5. The Morgan fingerprint density at radius 1 is 0.232 bits per heavy atom. The molecular formula is C122H139N5O4S4Si3. The number of H-pyrrole nitrogens is 3. The molecule has 0 aliphatic carbocycles. The average molecular weight is 1950 g/mol. The Balaban J connectivity index is 0.000000143. The molecule has 21 aromatic rings. The van der Waals surface area contributed by atoms with Crippen LogP contribution >= 0.6 is 45.3 Å². The van der Waals surface area contributed by atoms with Crippen molar-refractivity contribution in [2.75, 3.05) is 0 Å². The third-order valence-electron chi connectivity index (χ3n) is 22.6. The monoisotopic (exact) mass is 1950 g/mol. The number of hydrogen-bond donors (Lipinski definition) is 3. The molecule has 0 unspecified atom stereocenters. The number of thiophene rings is 3. The first-order chi connectivity index (χ1) is 65.7. The smallest absolute Gasteiger partial charge is 0.192 e. The Kier molecular flexibility index (Phi) is 38.9. The number of benzene rings is 10. The molecule has 11 aromatic heterocycles. The Morgan fingerprint density at radius 2 is 0.703 bits per heavy atom. The SMILES string of the molecule is CC1=CC=C(C)[SiH2]1.CC1=Cc2cc(C)ccc2[SiH2]1.CC1=Cc2ccc(C)cc2[SiH2]1.Cc1ccc(C)[nH]1.Cc1ccc(C)o1.Cc1ccc(C)s1.Cc1ccc2[nH]c(C)cc2c1.Cc1ccc2cc(C)[nH]c2c1.Cc1ccc2cc(C)oc2c1.Cc1ccc2cc(C)sc2c1.Cc1ccc2oc(C)cc2c1.Cc1ccc2oc(C)nc2c1.Cc1ccc2sc(C)cc2c1.Cc1ccc2sc(C)nc2c1. The van der Waals surface area contributed by atoms with Crippen LogP contribution in [-0.4, -0.2) is 53.5 Å². The minimum Gasteiger partial charge on any atom is -0.467 e. The van der Waals surface area contributed by atoms with Crippen molar-refractivity contribution in [1.29, 1.82) is 0 Å². The summed E-state index contributed by atoms with van der Waals surface area (Å²) in [6.07, 6.45) is 9.15. The van der Waals surface area contributed by atoms with E-state index in [1.807, 2.05) is 133 Å². The van der Waals surface area contributed by atoms with E-state index in [1.165, 1.54) is 166 Å². The molecule has 138 heavy (non-hydrogen) atoms. The Morgan fingerprint density at radius 3 is 1.30 bits per heavy atom. The average Bonchev–Trinajstić information content (AvgIpc) is 1.75. The van der Waals surface area contributed by atoms with Gasteiger partial charge in [-0.2, -0.15) is 0 Å². The Hall–Kier alpha value is -12.5. The molecular weight excluding hydrogens is 1810 g/mol. The number of nitrogens with zero attached hydrogens (tertiary/aromatic N) is 2. The minimum absolute atomic E-state index is 0.0389. The molecule has 14 heterocycles. The quantitative estimate of drug-likeness (QED) is 0.130. The molecule has 3 aliphatic heterocycles. The number of nitrogens with one attached hydrogen (secondary N) is 3. The molecule has 0 bridgehead atoms. The predicted octanol–water partition coefficient (Wildman–Crippen LogP) is 33.3. The zero-order chi connectivity index (χ0) is 99.6. The van der Waals surface area contributed by atoms with Crippen LogP contribution < -0.4 is 10.4 Å². The highest BCUT2D eigenvalue weighted by atomic mass is 32.1. The number of oxazole rings is 1. The fraction of sp³-hybridized carbons (Fsp3) is 0.230. The first-order valence-electron chi connectivity index (χ1n) is 47.4. The second kappa shape index (κ2) is 50.7.